The van der Waals surface area contributed by atoms with Crippen LogP contribution in [-0.2, 0) is 19.1 Å². The predicted molar refractivity (Wildman–Crippen MR) is 140 cm³/mol. The molecular formula is C26H31Cl2N3O7. The van der Waals surface area contributed by atoms with E-state index in [-0.39, 0.29) is 40.8 Å². The van der Waals surface area contributed by atoms with Crippen LogP contribution in [0.5, 0.6) is 0 Å². The molecule has 0 saturated heterocycles. The number of benzene rings is 1. The molecule has 1 fully saturated rings. The standard InChI is InChI=1S/C26H31Cl2N3O7/c1-25(2)16(10-11-26(25,3)24(35)36)22(33)29-19-15-31(37,13-6-9-20(32)38-4)14-12-30(19)23(34)21-17(27)7-5-8-18(21)28/h5,7-8,12,14-16H,6,9-11,13H2,1-4H3,(H,29,33)(H,35,36)/t16?,26?,31-/m0/s1. The van der Waals surface area contributed by atoms with E-state index in [0.29, 0.717) is 12.8 Å². The highest BCUT2D eigenvalue weighted by atomic mass is 35.5. The number of nitrogens with one attached hydrogen (secondary N) is 1. The van der Waals surface area contributed by atoms with Crippen molar-refractivity contribution < 1.29 is 33.7 Å². The van der Waals surface area contributed by atoms with Crippen molar-refractivity contribution in [1.82, 2.24) is 10.2 Å². The molecule has 2 unspecified atom stereocenters. The molecular weight excluding hydrogens is 537 g/mol. The van der Waals surface area contributed by atoms with Gasteiger partial charge in [0.1, 0.15) is 12.4 Å². The van der Waals surface area contributed by atoms with Crippen molar-refractivity contribution >= 4 is 47.0 Å². The summed E-state index contributed by atoms with van der Waals surface area (Å²) in [5, 5.41) is 26.1. The molecule has 0 radical (unpaired) electrons. The lowest BCUT2D eigenvalue weighted by atomic mass is 9.65. The lowest BCUT2D eigenvalue weighted by Crippen LogP contribution is -2.48. The highest BCUT2D eigenvalue weighted by Gasteiger charge is 2.58. The summed E-state index contributed by atoms with van der Waals surface area (Å²) >= 11 is 12.5. The number of esters is 1. The second kappa shape index (κ2) is 11.1. The Hall–Kier alpha value is -2.92. The monoisotopic (exact) mass is 567 g/mol. The number of hydrogen-bond acceptors (Lipinski definition) is 6. The van der Waals surface area contributed by atoms with Crippen molar-refractivity contribution in [3.8, 4) is 0 Å². The van der Waals surface area contributed by atoms with Crippen LogP contribution in [0.15, 0.2) is 42.6 Å². The Kier molecular flexibility index (Phi) is 8.62. The van der Waals surface area contributed by atoms with Crippen LogP contribution in [0.4, 0.5) is 0 Å². The van der Waals surface area contributed by atoms with Gasteiger partial charge in [0.15, 0.2) is 5.82 Å². The zero-order valence-corrected chi connectivity index (χ0v) is 23.1. The minimum atomic E-state index is -1.14. The van der Waals surface area contributed by atoms with Crippen molar-refractivity contribution in [2.45, 2.75) is 46.5 Å². The number of aliphatic carboxylic acids is 1. The van der Waals surface area contributed by atoms with Crippen molar-refractivity contribution in [3.05, 3.63) is 63.4 Å². The molecule has 1 aliphatic heterocycles. The van der Waals surface area contributed by atoms with Crippen molar-refractivity contribution in [2.24, 2.45) is 16.7 Å². The summed E-state index contributed by atoms with van der Waals surface area (Å²) in [7, 11) is 1.25. The maximum Gasteiger partial charge on any atom is 0.309 e. The third-order valence-corrected chi connectivity index (χ3v) is 8.48. The molecule has 2 aliphatic rings. The summed E-state index contributed by atoms with van der Waals surface area (Å²) < 4.78 is 3.56. The Morgan fingerprint density at radius 1 is 1.21 bits per heavy atom. The maximum atomic E-state index is 13.5. The summed E-state index contributed by atoms with van der Waals surface area (Å²) in [5.74, 6) is -3.49. The zero-order chi connectivity index (χ0) is 28.5. The van der Waals surface area contributed by atoms with Gasteiger partial charge < -0.3 is 25.0 Å². The van der Waals surface area contributed by atoms with E-state index in [1.807, 2.05) is 0 Å². The van der Waals surface area contributed by atoms with Crippen molar-refractivity contribution in [3.63, 3.8) is 0 Å². The largest absolute Gasteiger partial charge is 0.623 e. The van der Waals surface area contributed by atoms with E-state index in [1.54, 1.807) is 26.8 Å². The van der Waals surface area contributed by atoms with Crippen molar-refractivity contribution in [1.29, 1.82) is 0 Å². The molecule has 1 heterocycles. The topological polar surface area (TPSA) is 136 Å². The van der Waals surface area contributed by atoms with E-state index < -0.39 is 45.1 Å². The first-order chi connectivity index (χ1) is 17.7. The molecule has 3 rings (SSSR count). The van der Waals surface area contributed by atoms with E-state index in [0.717, 1.165) is 11.1 Å². The molecule has 0 spiro atoms. The number of hydrogen-bond donors (Lipinski definition) is 2. The van der Waals surface area contributed by atoms with Gasteiger partial charge in [0.05, 0.1) is 47.3 Å². The Morgan fingerprint density at radius 2 is 1.84 bits per heavy atom. The van der Waals surface area contributed by atoms with E-state index in [2.05, 4.69) is 10.1 Å². The van der Waals surface area contributed by atoms with Gasteiger partial charge in [-0.25, -0.2) is 0 Å². The van der Waals surface area contributed by atoms with Crippen LogP contribution in [0, 0.1) is 22.0 Å². The smallest absolute Gasteiger partial charge is 0.309 e. The highest BCUT2D eigenvalue weighted by molar-refractivity contribution is 6.39. The van der Waals surface area contributed by atoms with Gasteiger partial charge in [0.2, 0.25) is 5.91 Å². The van der Waals surface area contributed by atoms with Crippen molar-refractivity contribution in [2.75, 3.05) is 13.7 Å². The number of amides is 2. The molecule has 1 aromatic carbocycles. The average Bonchev–Trinajstić information content (AvgIpc) is 3.08. The minimum Gasteiger partial charge on any atom is -0.623 e. The van der Waals surface area contributed by atoms with Crippen LogP contribution < -0.4 is 5.32 Å². The number of carbonyl (C=O) groups is 4. The van der Waals surface area contributed by atoms with Crippen LogP contribution in [0.3, 0.4) is 0 Å². The third kappa shape index (κ3) is 5.58. The molecule has 12 heteroatoms. The summed E-state index contributed by atoms with van der Waals surface area (Å²) in [4.78, 5) is 51.6. The van der Waals surface area contributed by atoms with Crippen LogP contribution in [0.25, 0.3) is 0 Å². The molecule has 3 atom stereocenters. The van der Waals surface area contributed by atoms with Gasteiger partial charge in [-0.1, -0.05) is 43.1 Å². The summed E-state index contributed by atoms with van der Waals surface area (Å²) in [6.07, 6.45) is 4.39. The van der Waals surface area contributed by atoms with Gasteiger partial charge >= 0.3 is 11.9 Å². The molecule has 1 aliphatic carbocycles. The number of methoxy groups -OCH3 is 1. The molecule has 1 saturated carbocycles. The molecule has 0 bridgehead atoms. The number of nitrogens with zero attached hydrogens (tertiary/aromatic N) is 2. The van der Waals surface area contributed by atoms with E-state index in [1.165, 1.54) is 31.6 Å². The molecule has 206 valence electrons. The third-order valence-electron chi connectivity index (χ3n) is 7.85. The molecule has 2 N–H and O–H groups in total. The minimum absolute atomic E-state index is 0.0168. The van der Waals surface area contributed by atoms with E-state index >= 15 is 0 Å². The van der Waals surface area contributed by atoms with E-state index in [4.69, 9.17) is 23.2 Å². The fraction of sp³-hybridized carbons (Fsp3) is 0.462. The SMILES string of the molecule is COC(=O)CCC[N@+]1([O-])C=CN(C(=O)c2c(Cl)cccc2Cl)C(NC(=O)C2CCC(C)(C(=O)O)C2(C)C)=C1. The quantitative estimate of drug-likeness (QED) is 0.265. The van der Waals surface area contributed by atoms with Crippen LogP contribution in [-0.4, -0.2) is 52.1 Å². The molecule has 1 aromatic rings. The van der Waals surface area contributed by atoms with Crippen LogP contribution in [0.2, 0.25) is 10.0 Å². The number of ether oxygens (including phenoxy) is 1. The molecule has 38 heavy (non-hydrogen) atoms. The fourth-order valence-electron chi connectivity index (χ4n) is 4.93. The Labute approximate surface area is 231 Å². The number of quaternary nitrogens is 1. The normalized spacial score (nSPS) is 26.0. The van der Waals surface area contributed by atoms with Gasteiger partial charge in [0.25, 0.3) is 5.91 Å². The summed E-state index contributed by atoms with van der Waals surface area (Å²) in [5.41, 5.74) is -2.07. The first-order valence-corrected chi connectivity index (χ1v) is 12.8. The number of hydroxylamine groups is 3. The molecule has 0 aromatic heterocycles. The number of rotatable bonds is 8. The lowest BCUT2D eigenvalue weighted by Gasteiger charge is -2.41. The number of carbonyl (C=O) groups excluding carboxylic acids is 3. The summed E-state index contributed by atoms with van der Waals surface area (Å²) in [6.45, 7) is 4.99. The average molecular weight is 568 g/mol. The number of carboxylic acid groups (broad SMARTS) is 1. The van der Waals surface area contributed by atoms with Gasteiger partial charge in [-0.15, -0.1) is 0 Å². The van der Waals surface area contributed by atoms with Gasteiger partial charge in [-0.3, -0.25) is 24.1 Å². The zero-order valence-electron chi connectivity index (χ0n) is 21.6. The van der Waals surface area contributed by atoms with Crippen LogP contribution in [0.1, 0.15) is 56.8 Å². The highest BCUT2D eigenvalue weighted by Crippen LogP contribution is 2.56. The first-order valence-electron chi connectivity index (χ1n) is 12.1. The number of halogens is 2. The fourth-order valence-corrected chi connectivity index (χ4v) is 5.49. The molecule has 10 nitrogen and oxygen atoms in total. The Morgan fingerprint density at radius 3 is 2.39 bits per heavy atom. The Balaban J connectivity index is 1.94. The summed E-state index contributed by atoms with van der Waals surface area (Å²) in [6, 6.07) is 4.56. The van der Waals surface area contributed by atoms with Gasteiger partial charge in [-0.2, -0.15) is 0 Å². The first kappa shape index (κ1) is 29.6. The van der Waals surface area contributed by atoms with Crippen LogP contribution >= 0.6 is 23.2 Å². The predicted octanol–water partition coefficient (Wildman–Crippen LogP) is 4.63. The van der Waals surface area contributed by atoms with E-state index in [9.17, 15) is 29.5 Å². The van der Waals surface area contributed by atoms with Gasteiger partial charge in [0, 0.05) is 12.3 Å². The Bertz CT molecular complexity index is 1190. The van der Waals surface area contributed by atoms with Gasteiger partial charge in [-0.05, 0) is 37.3 Å². The molecule has 2 amide bonds. The second-order valence-electron chi connectivity index (χ2n) is 10.3. The lowest BCUT2D eigenvalue weighted by molar-refractivity contribution is -0.777. The number of carboxylic acids is 1. The maximum absolute atomic E-state index is 13.5. The second-order valence-corrected chi connectivity index (χ2v) is 11.1.